The van der Waals surface area contributed by atoms with Crippen LogP contribution < -0.4 is 5.32 Å². The van der Waals surface area contributed by atoms with Crippen LogP contribution in [0.3, 0.4) is 0 Å². The van der Waals surface area contributed by atoms with Gasteiger partial charge in [0.25, 0.3) is 0 Å². The lowest BCUT2D eigenvalue weighted by Crippen LogP contribution is -2.43. The summed E-state index contributed by atoms with van der Waals surface area (Å²) < 4.78 is 0. The first-order valence-corrected chi connectivity index (χ1v) is 7.25. The molecule has 2 atom stereocenters. The zero-order chi connectivity index (χ0) is 14.7. The van der Waals surface area contributed by atoms with E-state index < -0.39 is 6.10 Å². The molecule has 0 saturated heterocycles. The maximum Gasteiger partial charge on any atom is 0.0950 e. The zero-order valence-electron chi connectivity index (χ0n) is 13.4. The molecule has 0 aliphatic heterocycles. The summed E-state index contributed by atoms with van der Waals surface area (Å²) in [6.45, 7) is 14.8. The first kappa shape index (κ1) is 16.2. The van der Waals surface area contributed by atoms with E-state index >= 15 is 0 Å². The maximum atomic E-state index is 10.8. The average molecular weight is 263 g/mol. The Labute approximate surface area is 118 Å². The van der Waals surface area contributed by atoms with Gasteiger partial charge in [0.2, 0.25) is 0 Å². The van der Waals surface area contributed by atoms with E-state index in [-0.39, 0.29) is 6.04 Å². The summed E-state index contributed by atoms with van der Waals surface area (Å²) >= 11 is 0. The van der Waals surface area contributed by atoms with Crippen LogP contribution >= 0.6 is 0 Å². The summed E-state index contributed by atoms with van der Waals surface area (Å²) in [4.78, 5) is 0. The van der Waals surface area contributed by atoms with Gasteiger partial charge in [-0.25, -0.2) is 0 Å². The van der Waals surface area contributed by atoms with Gasteiger partial charge in [-0.15, -0.1) is 0 Å². The fraction of sp³-hybridized carbons (Fsp3) is 0.647. The molecule has 1 aromatic rings. The van der Waals surface area contributed by atoms with E-state index in [2.05, 4.69) is 65.9 Å². The van der Waals surface area contributed by atoms with Crippen LogP contribution in [0.1, 0.15) is 56.1 Å². The normalized spacial score (nSPS) is 15.1. The van der Waals surface area contributed by atoms with Gasteiger partial charge in [0, 0.05) is 12.1 Å². The number of aryl methyl sites for hydroxylation is 3. The standard InChI is InChI=1S/C17H29NO/c1-10(2)16(18-11(3)4)17(19)15-13(6)8-12(5)9-14(15)7/h8-11,16-19H,1-7H3. The van der Waals surface area contributed by atoms with Crippen molar-refractivity contribution in [3.63, 3.8) is 0 Å². The molecule has 0 bridgehead atoms. The van der Waals surface area contributed by atoms with Crippen LogP contribution in [0.2, 0.25) is 0 Å². The van der Waals surface area contributed by atoms with E-state index in [9.17, 15) is 5.11 Å². The Morgan fingerprint density at radius 2 is 1.42 bits per heavy atom. The molecule has 0 heterocycles. The number of aliphatic hydroxyl groups excluding tert-OH is 1. The molecule has 0 aromatic heterocycles. The molecule has 19 heavy (non-hydrogen) atoms. The van der Waals surface area contributed by atoms with E-state index in [0.717, 1.165) is 5.56 Å². The summed E-state index contributed by atoms with van der Waals surface area (Å²) in [5, 5.41) is 14.3. The quantitative estimate of drug-likeness (QED) is 0.849. The van der Waals surface area contributed by atoms with E-state index in [0.29, 0.717) is 12.0 Å². The fourth-order valence-corrected chi connectivity index (χ4v) is 2.87. The molecular weight excluding hydrogens is 234 g/mol. The molecule has 1 aromatic carbocycles. The second-order valence-electron chi connectivity index (χ2n) is 6.35. The molecule has 0 fully saturated rings. The monoisotopic (exact) mass is 263 g/mol. The molecule has 0 amide bonds. The smallest absolute Gasteiger partial charge is 0.0950 e. The van der Waals surface area contributed by atoms with Gasteiger partial charge in [0.05, 0.1) is 6.10 Å². The number of hydrogen-bond acceptors (Lipinski definition) is 2. The van der Waals surface area contributed by atoms with E-state index in [1.165, 1.54) is 16.7 Å². The minimum atomic E-state index is -0.456. The van der Waals surface area contributed by atoms with Gasteiger partial charge in [-0.2, -0.15) is 0 Å². The molecule has 0 radical (unpaired) electrons. The van der Waals surface area contributed by atoms with Crippen molar-refractivity contribution >= 4 is 0 Å². The van der Waals surface area contributed by atoms with Crippen molar-refractivity contribution in [1.29, 1.82) is 0 Å². The minimum absolute atomic E-state index is 0.0834. The van der Waals surface area contributed by atoms with Gasteiger partial charge < -0.3 is 10.4 Å². The van der Waals surface area contributed by atoms with Crippen LogP contribution in [-0.2, 0) is 0 Å². The van der Waals surface area contributed by atoms with Crippen molar-refractivity contribution in [2.75, 3.05) is 0 Å². The average Bonchev–Trinajstić information content (AvgIpc) is 2.23. The number of rotatable bonds is 5. The predicted molar refractivity (Wildman–Crippen MR) is 82.5 cm³/mol. The Morgan fingerprint density at radius 1 is 0.947 bits per heavy atom. The second-order valence-corrected chi connectivity index (χ2v) is 6.35. The third kappa shape index (κ3) is 4.05. The molecule has 0 aliphatic rings. The Hall–Kier alpha value is -0.860. The van der Waals surface area contributed by atoms with Crippen molar-refractivity contribution in [3.8, 4) is 0 Å². The van der Waals surface area contributed by atoms with Crippen LogP contribution in [-0.4, -0.2) is 17.2 Å². The highest BCUT2D eigenvalue weighted by molar-refractivity contribution is 5.39. The molecule has 2 nitrogen and oxygen atoms in total. The highest BCUT2D eigenvalue weighted by atomic mass is 16.3. The summed E-state index contributed by atoms with van der Waals surface area (Å²) in [6, 6.07) is 4.75. The van der Waals surface area contributed by atoms with E-state index in [1.54, 1.807) is 0 Å². The van der Waals surface area contributed by atoms with Crippen LogP contribution in [0, 0.1) is 26.7 Å². The number of nitrogens with one attached hydrogen (secondary N) is 1. The summed E-state index contributed by atoms with van der Waals surface area (Å²) in [5.41, 5.74) is 4.70. The molecule has 0 aliphatic carbocycles. The Morgan fingerprint density at radius 3 is 1.79 bits per heavy atom. The molecule has 0 spiro atoms. The van der Waals surface area contributed by atoms with Crippen molar-refractivity contribution in [1.82, 2.24) is 5.32 Å². The summed E-state index contributed by atoms with van der Waals surface area (Å²) in [5.74, 6) is 0.387. The van der Waals surface area contributed by atoms with Gasteiger partial charge in [0.15, 0.2) is 0 Å². The lowest BCUT2D eigenvalue weighted by atomic mass is 9.87. The highest BCUT2D eigenvalue weighted by Crippen LogP contribution is 2.28. The number of benzene rings is 1. The molecule has 2 N–H and O–H groups in total. The third-order valence-corrected chi connectivity index (χ3v) is 3.62. The predicted octanol–water partition coefficient (Wildman–Crippen LogP) is 3.67. The van der Waals surface area contributed by atoms with Crippen LogP contribution in [0.4, 0.5) is 0 Å². The summed E-state index contributed by atoms with van der Waals surface area (Å²) in [7, 11) is 0. The Balaban J connectivity index is 3.12. The molecule has 2 unspecified atom stereocenters. The van der Waals surface area contributed by atoms with Crippen LogP contribution in [0.25, 0.3) is 0 Å². The molecule has 2 heteroatoms. The van der Waals surface area contributed by atoms with Crippen molar-refractivity contribution in [2.45, 2.75) is 66.7 Å². The van der Waals surface area contributed by atoms with Crippen molar-refractivity contribution in [3.05, 3.63) is 34.4 Å². The molecule has 0 saturated carbocycles. The van der Waals surface area contributed by atoms with E-state index in [1.807, 2.05) is 0 Å². The lowest BCUT2D eigenvalue weighted by Gasteiger charge is -2.31. The van der Waals surface area contributed by atoms with Gasteiger partial charge in [-0.05, 0) is 43.4 Å². The second kappa shape index (κ2) is 6.53. The lowest BCUT2D eigenvalue weighted by molar-refractivity contribution is 0.0992. The zero-order valence-corrected chi connectivity index (χ0v) is 13.4. The highest BCUT2D eigenvalue weighted by Gasteiger charge is 2.26. The largest absolute Gasteiger partial charge is 0.387 e. The number of hydrogen-bond donors (Lipinski definition) is 2. The maximum absolute atomic E-state index is 10.8. The van der Waals surface area contributed by atoms with Gasteiger partial charge in [-0.3, -0.25) is 0 Å². The van der Waals surface area contributed by atoms with Crippen molar-refractivity contribution in [2.24, 2.45) is 5.92 Å². The van der Waals surface area contributed by atoms with Gasteiger partial charge in [-0.1, -0.05) is 45.4 Å². The number of aliphatic hydroxyl groups is 1. The fourth-order valence-electron chi connectivity index (χ4n) is 2.87. The topological polar surface area (TPSA) is 32.3 Å². The molecule has 1 rings (SSSR count). The van der Waals surface area contributed by atoms with Crippen LogP contribution in [0.5, 0.6) is 0 Å². The Bertz CT molecular complexity index is 400. The minimum Gasteiger partial charge on any atom is -0.387 e. The van der Waals surface area contributed by atoms with Crippen molar-refractivity contribution < 1.29 is 5.11 Å². The van der Waals surface area contributed by atoms with Crippen LogP contribution in [0.15, 0.2) is 12.1 Å². The molecular formula is C17H29NO. The van der Waals surface area contributed by atoms with Gasteiger partial charge in [0.1, 0.15) is 0 Å². The molecule has 108 valence electrons. The Kier molecular flexibility index (Phi) is 5.57. The SMILES string of the molecule is Cc1cc(C)c(C(O)C(NC(C)C)C(C)C)c(C)c1. The first-order valence-electron chi connectivity index (χ1n) is 7.25. The van der Waals surface area contributed by atoms with E-state index in [4.69, 9.17) is 0 Å². The van der Waals surface area contributed by atoms with Gasteiger partial charge >= 0.3 is 0 Å². The third-order valence-electron chi connectivity index (χ3n) is 3.62. The first-order chi connectivity index (χ1) is 8.73. The summed E-state index contributed by atoms with van der Waals surface area (Å²) in [6.07, 6.45) is -0.456.